The van der Waals surface area contributed by atoms with Crippen LogP contribution in [0.4, 0.5) is 11.4 Å². The molecular formula is C19H15ClN2O3. The van der Waals surface area contributed by atoms with E-state index in [1.807, 2.05) is 24.3 Å². The third-order valence-electron chi connectivity index (χ3n) is 3.73. The number of nitrogens with zero attached hydrogens (tertiary/aromatic N) is 2. The predicted octanol–water partition coefficient (Wildman–Crippen LogP) is 5.74. The molecule has 3 aromatic carbocycles. The minimum Gasteiger partial charge on any atom is -0.494 e. The molecule has 6 heteroatoms. The Labute approximate surface area is 149 Å². The van der Waals surface area contributed by atoms with Crippen molar-refractivity contribution in [1.82, 2.24) is 0 Å². The molecule has 3 aromatic rings. The van der Waals surface area contributed by atoms with Crippen LogP contribution in [0.5, 0.6) is 11.5 Å². The number of carbonyl (C=O) groups excluding carboxylic acids is 1. The first-order valence-electron chi connectivity index (χ1n) is 7.48. The van der Waals surface area contributed by atoms with Gasteiger partial charge in [0.1, 0.15) is 17.1 Å². The highest BCUT2D eigenvalue weighted by molar-refractivity contribution is 6.30. The Bertz CT molecular complexity index is 970. The predicted molar refractivity (Wildman–Crippen MR) is 98.1 cm³/mol. The van der Waals surface area contributed by atoms with E-state index in [1.54, 1.807) is 31.4 Å². The zero-order valence-corrected chi connectivity index (χ0v) is 14.4. The molecule has 0 bridgehead atoms. The second-order valence-electron chi connectivity index (χ2n) is 5.20. The molecule has 0 aliphatic carbocycles. The van der Waals surface area contributed by atoms with Crippen molar-refractivity contribution in [2.75, 3.05) is 14.2 Å². The molecule has 25 heavy (non-hydrogen) atoms. The highest BCUT2D eigenvalue weighted by atomic mass is 35.5. The molecule has 0 saturated heterocycles. The fraction of sp³-hybridized carbons (Fsp3) is 0.105. The molecule has 0 heterocycles. The van der Waals surface area contributed by atoms with Gasteiger partial charge in [0.25, 0.3) is 0 Å². The average molecular weight is 355 g/mol. The Balaban J connectivity index is 2.21. The van der Waals surface area contributed by atoms with Gasteiger partial charge in [0.05, 0.1) is 19.8 Å². The van der Waals surface area contributed by atoms with E-state index in [4.69, 9.17) is 21.1 Å². The van der Waals surface area contributed by atoms with E-state index in [-0.39, 0.29) is 0 Å². The number of carbonyl (C=O) groups is 1. The third kappa shape index (κ3) is 3.32. The number of methoxy groups -OCH3 is 2. The van der Waals surface area contributed by atoms with Crippen molar-refractivity contribution in [3.05, 3.63) is 59.1 Å². The first-order chi connectivity index (χ1) is 12.2. The Hall–Kier alpha value is -2.92. The molecule has 0 N–H and O–H groups in total. The van der Waals surface area contributed by atoms with Gasteiger partial charge in [-0.25, -0.2) is 0 Å². The monoisotopic (exact) mass is 354 g/mol. The van der Waals surface area contributed by atoms with Gasteiger partial charge in [-0.05, 0) is 29.7 Å². The van der Waals surface area contributed by atoms with E-state index in [0.717, 1.165) is 17.1 Å². The number of azo groups is 1. The average Bonchev–Trinajstić information content (AvgIpc) is 2.65. The molecule has 0 spiro atoms. The maximum atomic E-state index is 11.4. The van der Waals surface area contributed by atoms with Crippen LogP contribution in [0.1, 0.15) is 10.4 Å². The molecule has 0 saturated carbocycles. The summed E-state index contributed by atoms with van der Waals surface area (Å²) >= 11 is 6.03. The molecule has 0 aliphatic heterocycles. The summed E-state index contributed by atoms with van der Waals surface area (Å²) in [6, 6.07) is 14.4. The molecule has 0 unspecified atom stereocenters. The van der Waals surface area contributed by atoms with Gasteiger partial charge < -0.3 is 9.47 Å². The number of rotatable bonds is 5. The summed E-state index contributed by atoms with van der Waals surface area (Å²) in [7, 11) is 3.04. The van der Waals surface area contributed by atoms with Crippen molar-refractivity contribution < 1.29 is 14.3 Å². The minimum absolute atomic E-state index is 0.374. The summed E-state index contributed by atoms with van der Waals surface area (Å²) in [6.45, 7) is 0. The lowest BCUT2D eigenvalue weighted by Gasteiger charge is -2.10. The van der Waals surface area contributed by atoms with Crippen LogP contribution < -0.4 is 9.47 Å². The molecule has 5 nitrogen and oxygen atoms in total. The number of fused-ring (bicyclic) bond motifs is 1. The summed E-state index contributed by atoms with van der Waals surface area (Å²) < 4.78 is 10.7. The van der Waals surface area contributed by atoms with Crippen molar-refractivity contribution in [2.45, 2.75) is 0 Å². The number of aldehydes is 1. The van der Waals surface area contributed by atoms with Crippen LogP contribution >= 0.6 is 11.6 Å². The van der Waals surface area contributed by atoms with Crippen LogP contribution in [0.15, 0.2) is 58.8 Å². The molecule has 3 rings (SSSR count). The van der Waals surface area contributed by atoms with Crippen molar-refractivity contribution in [2.24, 2.45) is 10.2 Å². The molecule has 0 aliphatic rings. The SMILES string of the molecule is COc1ccc(Cl)cc1N=Nc1c(OC)c(C=O)cc2ccccc12. The van der Waals surface area contributed by atoms with Crippen LogP contribution in [-0.4, -0.2) is 20.5 Å². The van der Waals surface area contributed by atoms with Gasteiger partial charge in [0.2, 0.25) is 0 Å². The van der Waals surface area contributed by atoms with E-state index >= 15 is 0 Å². The van der Waals surface area contributed by atoms with E-state index in [0.29, 0.717) is 33.5 Å². The van der Waals surface area contributed by atoms with Crippen molar-refractivity contribution in [3.63, 3.8) is 0 Å². The van der Waals surface area contributed by atoms with E-state index in [9.17, 15) is 4.79 Å². The van der Waals surface area contributed by atoms with E-state index < -0.39 is 0 Å². The summed E-state index contributed by atoms with van der Waals surface area (Å²) in [6.07, 6.45) is 0.740. The van der Waals surface area contributed by atoms with Gasteiger partial charge in [-0.2, -0.15) is 0 Å². The summed E-state index contributed by atoms with van der Waals surface area (Å²) in [5.41, 5.74) is 1.37. The highest BCUT2D eigenvalue weighted by Crippen LogP contribution is 2.40. The largest absolute Gasteiger partial charge is 0.494 e. The molecular weight excluding hydrogens is 340 g/mol. The van der Waals surface area contributed by atoms with Gasteiger partial charge in [0, 0.05) is 10.4 Å². The molecule has 126 valence electrons. The first kappa shape index (κ1) is 16.9. The standard InChI is InChI=1S/C19H15ClN2O3/c1-24-17-8-7-14(20)10-16(17)21-22-18-15-6-4-3-5-12(15)9-13(11-23)19(18)25-2/h3-11H,1-2H3. The number of benzene rings is 3. The lowest BCUT2D eigenvalue weighted by Crippen LogP contribution is -1.92. The fourth-order valence-corrected chi connectivity index (χ4v) is 2.74. The van der Waals surface area contributed by atoms with Crippen LogP contribution in [0.2, 0.25) is 5.02 Å². The van der Waals surface area contributed by atoms with Crippen molar-refractivity contribution >= 4 is 40.0 Å². The second kappa shape index (κ2) is 7.32. The number of hydrogen-bond donors (Lipinski definition) is 0. The molecule has 0 radical (unpaired) electrons. The molecule has 0 aromatic heterocycles. The Morgan fingerprint density at radius 2 is 1.80 bits per heavy atom. The van der Waals surface area contributed by atoms with Gasteiger partial charge in [-0.1, -0.05) is 35.9 Å². The lowest BCUT2D eigenvalue weighted by atomic mass is 10.0. The van der Waals surface area contributed by atoms with Gasteiger partial charge in [-0.15, -0.1) is 10.2 Å². The number of halogens is 1. The second-order valence-corrected chi connectivity index (χ2v) is 5.64. The van der Waals surface area contributed by atoms with E-state index in [2.05, 4.69) is 10.2 Å². The highest BCUT2D eigenvalue weighted by Gasteiger charge is 2.14. The third-order valence-corrected chi connectivity index (χ3v) is 3.97. The molecule has 0 fully saturated rings. The molecule has 0 amide bonds. The van der Waals surface area contributed by atoms with Crippen LogP contribution in [-0.2, 0) is 0 Å². The topological polar surface area (TPSA) is 60.3 Å². The smallest absolute Gasteiger partial charge is 0.157 e. The van der Waals surface area contributed by atoms with Gasteiger partial charge in [-0.3, -0.25) is 4.79 Å². The summed E-state index contributed by atoms with van der Waals surface area (Å²) in [4.78, 5) is 11.4. The minimum atomic E-state index is 0.374. The van der Waals surface area contributed by atoms with E-state index in [1.165, 1.54) is 7.11 Å². The maximum Gasteiger partial charge on any atom is 0.157 e. The van der Waals surface area contributed by atoms with Gasteiger partial charge >= 0.3 is 0 Å². The number of hydrogen-bond acceptors (Lipinski definition) is 5. The van der Waals surface area contributed by atoms with Crippen molar-refractivity contribution in [1.29, 1.82) is 0 Å². The normalized spacial score (nSPS) is 11.0. The van der Waals surface area contributed by atoms with Crippen LogP contribution in [0.3, 0.4) is 0 Å². The fourth-order valence-electron chi connectivity index (χ4n) is 2.58. The lowest BCUT2D eigenvalue weighted by molar-refractivity contribution is 0.112. The summed E-state index contributed by atoms with van der Waals surface area (Å²) in [5.74, 6) is 0.918. The quantitative estimate of drug-likeness (QED) is 0.433. The number of ether oxygens (including phenoxy) is 2. The summed E-state index contributed by atoms with van der Waals surface area (Å²) in [5, 5.41) is 10.8. The maximum absolute atomic E-state index is 11.4. The first-order valence-corrected chi connectivity index (χ1v) is 7.86. The zero-order chi connectivity index (χ0) is 17.8. The Morgan fingerprint density at radius 3 is 2.52 bits per heavy atom. The van der Waals surface area contributed by atoms with Crippen molar-refractivity contribution in [3.8, 4) is 11.5 Å². The van der Waals surface area contributed by atoms with Crippen LogP contribution in [0, 0.1) is 0 Å². The Morgan fingerprint density at radius 1 is 1.00 bits per heavy atom. The Kier molecular flexibility index (Phi) is 4.95. The zero-order valence-electron chi connectivity index (χ0n) is 13.7. The van der Waals surface area contributed by atoms with Gasteiger partial charge in [0.15, 0.2) is 12.0 Å². The molecule has 0 atom stereocenters. The van der Waals surface area contributed by atoms with Crippen LogP contribution in [0.25, 0.3) is 10.8 Å².